The van der Waals surface area contributed by atoms with Gasteiger partial charge in [0.15, 0.2) is 21.3 Å². The molecule has 240 valence electrons. The number of likely N-dealkylation sites (tertiary alicyclic amines) is 1. The number of amides is 3. The fourth-order valence-electron chi connectivity index (χ4n) is 5.34. The molecule has 0 aliphatic carbocycles. The van der Waals surface area contributed by atoms with E-state index in [9.17, 15) is 22.8 Å². The second kappa shape index (κ2) is 13.9. The third-order valence-corrected chi connectivity index (χ3v) is 9.94. The Hall–Kier alpha value is -4.78. The predicted molar refractivity (Wildman–Crippen MR) is 169 cm³/mol. The molecule has 1 aliphatic rings. The second-order valence-electron chi connectivity index (χ2n) is 10.8. The van der Waals surface area contributed by atoms with E-state index in [-0.39, 0.29) is 16.4 Å². The van der Waals surface area contributed by atoms with Crippen molar-refractivity contribution >= 4 is 39.1 Å². The van der Waals surface area contributed by atoms with Crippen LogP contribution in [0.15, 0.2) is 65.6 Å². The van der Waals surface area contributed by atoms with E-state index >= 15 is 0 Å². The molecule has 3 aromatic rings. The van der Waals surface area contributed by atoms with Gasteiger partial charge < -0.3 is 30.2 Å². The highest BCUT2D eigenvalue weighted by Crippen LogP contribution is 2.41. The summed E-state index contributed by atoms with van der Waals surface area (Å²) < 4.78 is 42.6. The minimum Gasteiger partial charge on any atom is -0.493 e. The molecule has 2 unspecified atom stereocenters. The van der Waals surface area contributed by atoms with Crippen LogP contribution in [0.2, 0.25) is 0 Å². The van der Waals surface area contributed by atoms with Gasteiger partial charge in [-0.3, -0.25) is 14.9 Å². The molecule has 0 radical (unpaired) electrons. The van der Waals surface area contributed by atoms with E-state index in [2.05, 4.69) is 10.6 Å². The maximum absolute atomic E-state index is 14.6. The molecule has 2 atom stereocenters. The van der Waals surface area contributed by atoms with Gasteiger partial charge in [-0.1, -0.05) is 12.1 Å². The highest BCUT2D eigenvalue weighted by atomic mass is 32.2. The first-order valence-electron chi connectivity index (χ1n) is 14.3. The van der Waals surface area contributed by atoms with E-state index < -0.39 is 39.2 Å². The Kier molecular flexibility index (Phi) is 10.2. The number of rotatable bonds is 11. The Bertz CT molecular complexity index is 1690. The molecule has 0 saturated carbocycles. The number of carbonyl (C=O) groups is 3. The lowest BCUT2D eigenvalue weighted by molar-refractivity contribution is -0.133. The molecule has 1 heterocycles. The van der Waals surface area contributed by atoms with E-state index in [0.29, 0.717) is 53.4 Å². The molecule has 1 saturated heterocycles. The van der Waals surface area contributed by atoms with Gasteiger partial charge >= 0.3 is 6.09 Å². The number of carbonyl (C=O) groups excluding carboxylic acids is 3. The van der Waals surface area contributed by atoms with Crippen LogP contribution in [0.3, 0.4) is 0 Å². The van der Waals surface area contributed by atoms with Crippen LogP contribution in [0.5, 0.6) is 11.5 Å². The summed E-state index contributed by atoms with van der Waals surface area (Å²) in [6, 6.07) is 14.5. The predicted octanol–water partition coefficient (Wildman–Crippen LogP) is 4.68. The van der Waals surface area contributed by atoms with E-state index in [1.165, 1.54) is 33.5 Å². The van der Waals surface area contributed by atoms with Crippen molar-refractivity contribution in [1.29, 1.82) is 0 Å². The van der Waals surface area contributed by atoms with Gasteiger partial charge in [-0.2, -0.15) is 0 Å². The number of hydrogen-bond acceptors (Lipinski definition) is 9. The zero-order valence-corrected chi connectivity index (χ0v) is 26.6. The van der Waals surface area contributed by atoms with Gasteiger partial charge in [0.1, 0.15) is 6.04 Å². The molecular formula is C32H38N4O8S. The van der Waals surface area contributed by atoms with Crippen molar-refractivity contribution in [2.24, 2.45) is 5.73 Å². The fourth-order valence-corrected chi connectivity index (χ4v) is 6.63. The first-order valence-corrected chi connectivity index (χ1v) is 15.9. The SMILES string of the molecule is COC(=O)Nc1ccc(S(=O)(=O)C(C)C)c(C2CCCN2C(=O)C(Nc2cccc(C(N)=O)c2)c2ccc(OC)c(OC)c2)c1. The van der Waals surface area contributed by atoms with E-state index in [4.69, 9.17) is 19.9 Å². The highest BCUT2D eigenvalue weighted by molar-refractivity contribution is 7.92. The summed E-state index contributed by atoms with van der Waals surface area (Å²) in [7, 11) is 0.460. The van der Waals surface area contributed by atoms with Crippen molar-refractivity contribution in [3.05, 3.63) is 77.4 Å². The number of primary amides is 1. The number of nitrogens with two attached hydrogens (primary N) is 1. The van der Waals surface area contributed by atoms with Crippen LogP contribution in [0.1, 0.15) is 60.3 Å². The maximum Gasteiger partial charge on any atom is 0.411 e. The van der Waals surface area contributed by atoms with Crippen molar-refractivity contribution < 1.29 is 37.0 Å². The summed E-state index contributed by atoms with van der Waals surface area (Å²) in [5.41, 5.74) is 7.51. The minimum absolute atomic E-state index is 0.0856. The molecule has 12 nitrogen and oxygen atoms in total. The first kappa shape index (κ1) is 33.1. The number of ether oxygens (including phenoxy) is 3. The van der Waals surface area contributed by atoms with Crippen LogP contribution in [0, 0.1) is 0 Å². The Morgan fingerprint density at radius 1 is 0.933 bits per heavy atom. The third-order valence-electron chi connectivity index (χ3n) is 7.71. The van der Waals surface area contributed by atoms with Gasteiger partial charge in [-0.05, 0) is 86.3 Å². The maximum atomic E-state index is 14.6. The number of methoxy groups -OCH3 is 3. The lowest BCUT2D eigenvalue weighted by Crippen LogP contribution is -2.38. The molecule has 1 fully saturated rings. The molecule has 3 aromatic carbocycles. The van der Waals surface area contributed by atoms with Gasteiger partial charge in [0.2, 0.25) is 11.8 Å². The standard InChI is InChI=1S/C32H38N4O8S/c1-19(2)45(40,41)28-14-12-23(35-32(39)44-5)18-24(28)25-10-7-15-36(25)31(38)29(20-11-13-26(42-3)27(17-20)43-4)34-22-9-6-8-21(16-22)30(33)37/h6,8-9,11-14,16-19,25,29,34H,7,10,15H2,1-5H3,(H2,33,37)(H,35,39). The Morgan fingerprint density at radius 3 is 2.31 bits per heavy atom. The number of hydrogen-bond donors (Lipinski definition) is 3. The Morgan fingerprint density at radius 2 is 1.67 bits per heavy atom. The average Bonchev–Trinajstić information content (AvgIpc) is 3.53. The number of sulfone groups is 1. The molecule has 13 heteroatoms. The first-order chi connectivity index (χ1) is 21.4. The van der Waals surface area contributed by atoms with Crippen LogP contribution in [0.25, 0.3) is 0 Å². The van der Waals surface area contributed by atoms with Crippen molar-refractivity contribution in [1.82, 2.24) is 4.90 Å². The van der Waals surface area contributed by atoms with Gasteiger partial charge in [-0.25, -0.2) is 13.2 Å². The Balaban J connectivity index is 1.82. The van der Waals surface area contributed by atoms with Crippen LogP contribution in [0.4, 0.5) is 16.2 Å². The lowest BCUT2D eigenvalue weighted by Gasteiger charge is -2.32. The van der Waals surface area contributed by atoms with Crippen LogP contribution in [-0.4, -0.2) is 64.3 Å². The molecule has 4 N–H and O–H groups in total. The van der Waals surface area contributed by atoms with Gasteiger partial charge in [-0.15, -0.1) is 0 Å². The lowest BCUT2D eigenvalue weighted by atomic mass is 10.0. The van der Waals surface area contributed by atoms with Crippen LogP contribution < -0.4 is 25.8 Å². The average molecular weight is 639 g/mol. The smallest absolute Gasteiger partial charge is 0.411 e. The molecule has 3 amide bonds. The minimum atomic E-state index is -3.77. The van der Waals surface area contributed by atoms with E-state index in [1.54, 1.807) is 67.3 Å². The molecule has 0 bridgehead atoms. The quantitative estimate of drug-likeness (QED) is 0.270. The zero-order valence-electron chi connectivity index (χ0n) is 25.8. The monoisotopic (exact) mass is 638 g/mol. The highest BCUT2D eigenvalue weighted by Gasteiger charge is 2.38. The summed E-state index contributed by atoms with van der Waals surface area (Å²) in [5.74, 6) is -0.0777. The van der Waals surface area contributed by atoms with Crippen LogP contribution >= 0.6 is 0 Å². The topological polar surface area (TPSA) is 166 Å². The summed E-state index contributed by atoms with van der Waals surface area (Å²) in [4.78, 5) is 40.2. The van der Waals surface area contributed by atoms with Gasteiger partial charge in [0.05, 0.1) is 37.5 Å². The number of anilines is 2. The van der Waals surface area contributed by atoms with Crippen molar-refractivity contribution in [3.63, 3.8) is 0 Å². The van der Waals surface area contributed by atoms with Crippen molar-refractivity contribution in [2.75, 3.05) is 38.5 Å². The van der Waals surface area contributed by atoms with E-state index in [1.807, 2.05) is 0 Å². The fraction of sp³-hybridized carbons (Fsp3) is 0.344. The summed E-state index contributed by atoms with van der Waals surface area (Å²) in [5, 5.41) is 5.12. The Labute approximate surface area is 262 Å². The summed E-state index contributed by atoms with van der Waals surface area (Å²) >= 11 is 0. The number of nitrogens with zero attached hydrogens (tertiary/aromatic N) is 1. The summed E-state index contributed by atoms with van der Waals surface area (Å²) in [6.45, 7) is 3.54. The zero-order chi connectivity index (χ0) is 32.9. The van der Waals surface area contributed by atoms with E-state index in [0.717, 1.165) is 0 Å². The molecule has 45 heavy (non-hydrogen) atoms. The molecule has 0 spiro atoms. The van der Waals surface area contributed by atoms with Gasteiger partial charge in [0, 0.05) is 23.5 Å². The van der Waals surface area contributed by atoms with Crippen molar-refractivity contribution in [3.8, 4) is 11.5 Å². The van der Waals surface area contributed by atoms with Gasteiger partial charge in [0.25, 0.3) is 0 Å². The normalized spacial score (nSPS) is 15.3. The third kappa shape index (κ3) is 7.14. The van der Waals surface area contributed by atoms with Crippen molar-refractivity contribution in [2.45, 2.75) is 48.9 Å². The second-order valence-corrected chi connectivity index (χ2v) is 13.3. The largest absolute Gasteiger partial charge is 0.493 e. The van der Waals surface area contributed by atoms with Crippen LogP contribution in [-0.2, 0) is 19.4 Å². The molecule has 4 rings (SSSR count). The number of nitrogens with one attached hydrogen (secondary N) is 2. The number of benzene rings is 3. The molecule has 0 aromatic heterocycles. The molecular weight excluding hydrogens is 600 g/mol. The molecule has 1 aliphatic heterocycles. The summed E-state index contributed by atoms with van der Waals surface area (Å²) in [6.07, 6.45) is 0.391.